The molecule has 0 aromatic heterocycles. The van der Waals surface area contributed by atoms with E-state index in [4.69, 9.17) is 16.7 Å². The van der Waals surface area contributed by atoms with Crippen LogP contribution in [-0.2, 0) is 0 Å². The molecule has 0 fully saturated rings. The van der Waals surface area contributed by atoms with Crippen LogP contribution in [0.4, 0.5) is 0 Å². The second kappa shape index (κ2) is 6.40. The Morgan fingerprint density at radius 3 is 2.10 bits per heavy atom. The van der Waals surface area contributed by atoms with Crippen molar-refractivity contribution in [2.45, 2.75) is 0 Å². The molecule has 64 valence electrons. The van der Waals surface area contributed by atoms with Crippen LogP contribution in [0.25, 0.3) is 0 Å². The summed E-state index contributed by atoms with van der Waals surface area (Å²) >= 11 is 5.52. The first-order chi connectivity index (χ1) is 4.12. The van der Waals surface area contributed by atoms with Gasteiger partial charge in [-0.15, -0.1) is 11.6 Å². The van der Waals surface area contributed by atoms with Crippen molar-refractivity contribution in [2.24, 2.45) is 0 Å². The molecule has 1 N–H and O–H groups in total. The summed E-state index contributed by atoms with van der Waals surface area (Å²) in [5, 5.41) is 8.57. The molecule has 4 heteroatoms. The molecule has 2 nitrogen and oxygen atoms in total. The zero-order valence-corrected chi connectivity index (χ0v) is 8.82. The molecule has 0 aromatic rings. The average Bonchev–Trinajstić information content (AvgIpc) is 1.64. The highest BCUT2D eigenvalue weighted by atomic mass is 79.9. The maximum absolute atomic E-state index is 8.57. The molecule has 10 heavy (non-hydrogen) atoms. The van der Waals surface area contributed by atoms with Gasteiger partial charge >= 0.3 is 0 Å². The van der Waals surface area contributed by atoms with Crippen molar-refractivity contribution in [1.29, 1.82) is 0 Å². The van der Waals surface area contributed by atoms with Crippen molar-refractivity contribution in [1.82, 2.24) is 0 Å². The molecular formula is C6H15BrClNO. The van der Waals surface area contributed by atoms with Gasteiger partial charge in [-0.2, -0.15) is 0 Å². The van der Waals surface area contributed by atoms with Crippen molar-refractivity contribution < 1.29 is 26.6 Å². The van der Waals surface area contributed by atoms with E-state index in [0.717, 1.165) is 17.6 Å². The average molecular weight is 233 g/mol. The number of quaternary nitrogens is 1. The molecule has 0 spiro atoms. The van der Waals surface area contributed by atoms with Crippen LogP contribution in [0.5, 0.6) is 0 Å². The van der Waals surface area contributed by atoms with E-state index in [0.29, 0.717) is 5.88 Å². The Morgan fingerprint density at radius 2 is 1.80 bits per heavy atom. The van der Waals surface area contributed by atoms with Crippen LogP contribution in [0.15, 0.2) is 0 Å². The van der Waals surface area contributed by atoms with E-state index in [1.165, 1.54) is 0 Å². The van der Waals surface area contributed by atoms with Gasteiger partial charge in [0, 0.05) is 0 Å². The van der Waals surface area contributed by atoms with Crippen LogP contribution >= 0.6 is 11.6 Å². The summed E-state index contributed by atoms with van der Waals surface area (Å²) in [5.74, 6) is 0.660. The van der Waals surface area contributed by atoms with E-state index in [-0.39, 0.29) is 23.6 Å². The number of nitrogens with zero attached hydrogens (tertiary/aromatic N) is 1. The SMILES string of the molecule is C[N+](C)(CCO)CCCl.[Br-]. The van der Waals surface area contributed by atoms with Gasteiger partial charge in [-0.05, 0) is 0 Å². The van der Waals surface area contributed by atoms with Crippen LogP contribution in [0.2, 0.25) is 0 Å². The molecule has 0 saturated carbocycles. The Balaban J connectivity index is 0. The number of alkyl halides is 1. The van der Waals surface area contributed by atoms with Crippen molar-refractivity contribution in [3.05, 3.63) is 0 Å². The van der Waals surface area contributed by atoms with Crippen LogP contribution < -0.4 is 17.0 Å². The predicted octanol–water partition coefficient (Wildman–Crippen LogP) is -2.70. The number of likely N-dealkylation sites (N-methyl/N-ethyl adjacent to an activating group) is 1. The Hall–Kier alpha value is 0.690. The van der Waals surface area contributed by atoms with Gasteiger partial charge < -0.3 is 26.6 Å². The smallest absolute Gasteiger partial charge is 0.102 e. The molecule has 0 saturated heterocycles. The van der Waals surface area contributed by atoms with Gasteiger partial charge in [0.05, 0.1) is 33.1 Å². The van der Waals surface area contributed by atoms with Gasteiger partial charge in [0.1, 0.15) is 6.54 Å². The lowest BCUT2D eigenvalue weighted by Crippen LogP contribution is -3.00. The zero-order valence-electron chi connectivity index (χ0n) is 6.48. The molecule has 0 atom stereocenters. The summed E-state index contributed by atoms with van der Waals surface area (Å²) in [6, 6.07) is 0. The molecular weight excluding hydrogens is 217 g/mol. The molecule has 0 bridgehead atoms. The fraction of sp³-hybridized carbons (Fsp3) is 1.00. The topological polar surface area (TPSA) is 20.2 Å². The van der Waals surface area contributed by atoms with Gasteiger partial charge in [0.15, 0.2) is 0 Å². The summed E-state index contributed by atoms with van der Waals surface area (Å²) in [4.78, 5) is 0. The van der Waals surface area contributed by atoms with E-state index >= 15 is 0 Å². The molecule has 0 rings (SSSR count). The number of rotatable bonds is 4. The maximum Gasteiger partial charge on any atom is 0.102 e. The first kappa shape index (κ1) is 13.3. The summed E-state index contributed by atoms with van der Waals surface area (Å²) in [5.41, 5.74) is 0. The van der Waals surface area contributed by atoms with Crippen LogP contribution in [-0.4, -0.2) is 49.3 Å². The number of halogens is 2. The molecule has 0 aliphatic rings. The van der Waals surface area contributed by atoms with Gasteiger partial charge in [-0.1, -0.05) is 0 Å². The third-order valence-corrected chi connectivity index (χ3v) is 1.56. The summed E-state index contributed by atoms with van der Waals surface area (Å²) < 4.78 is 0.806. The Bertz CT molecular complexity index is 72.1. The lowest BCUT2D eigenvalue weighted by molar-refractivity contribution is -0.888. The fourth-order valence-electron chi connectivity index (χ4n) is 0.611. The van der Waals surface area contributed by atoms with Crippen LogP contribution in [0, 0.1) is 0 Å². The second-order valence-electron chi connectivity index (χ2n) is 2.80. The molecule has 0 unspecified atom stereocenters. The van der Waals surface area contributed by atoms with Gasteiger partial charge in [0.2, 0.25) is 0 Å². The minimum Gasteiger partial charge on any atom is -1.00 e. The molecule has 0 aliphatic heterocycles. The van der Waals surface area contributed by atoms with Crippen molar-refractivity contribution in [2.75, 3.05) is 39.7 Å². The maximum atomic E-state index is 8.57. The first-order valence-electron chi connectivity index (χ1n) is 3.11. The normalized spacial score (nSPS) is 10.8. The van der Waals surface area contributed by atoms with E-state index in [2.05, 4.69) is 14.1 Å². The van der Waals surface area contributed by atoms with Crippen molar-refractivity contribution >= 4 is 11.6 Å². The van der Waals surface area contributed by atoms with Gasteiger partial charge in [-0.3, -0.25) is 0 Å². The molecule has 0 amide bonds. The quantitative estimate of drug-likeness (QED) is 0.413. The Kier molecular flexibility index (Phi) is 8.51. The van der Waals surface area contributed by atoms with Crippen LogP contribution in [0.1, 0.15) is 0 Å². The third kappa shape index (κ3) is 6.81. The lowest BCUT2D eigenvalue weighted by Gasteiger charge is -2.27. The molecule has 0 aromatic carbocycles. The van der Waals surface area contributed by atoms with E-state index in [1.54, 1.807) is 0 Å². The van der Waals surface area contributed by atoms with Gasteiger partial charge in [0.25, 0.3) is 0 Å². The lowest BCUT2D eigenvalue weighted by atomic mass is 10.4. The number of hydrogen-bond donors (Lipinski definition) is 1. The van der Waals surface area contributed by atoms with Gasteiger partial charge in [-0.25, -0.2) is 0 Å². The highest BCUT2D eigenvalue weighted by Gasteiger charge is 2.11. The molecule has 0 radical (unpaired) electrons. The Morgan fingerprint density at radius 1 is 1.30 bits per heavy atom. The van der Waals surface area contributed by atoms with Crippen LogP contribution in [0.3, 0.4) is 0 Å². The summed E-state index contributed by atoms with van der Waals surface area (Å²) in [7, 11) is 4.11. The number of aliphatic hydroxyl groups is 1. The largest absolute Gasteiger partial charge is 1.00 e. The van der Waals surface area contributed by atoms with Crippen molar-refractivity contribution in [3.63, 3.8) is 0 Å². The van der Waals surface area contributed by atoms with E-state index in [9.17, 15) is 0 Å². The first-order valence-corrected chi connectivity index (χ1v) is 3.64. The van der Waals surface area contributed by atoms with E-state index in [1.807, 2.05) is 0 Å². The highest BCUT2D eigenvalue weighted by Crippen LogP contribution is 1.95. The Labute approximate surface area is 78.1 Å². The molecule has 0 aliphatic carbocycles. The highest BCUT2D eigenvalue weighted by molar-refractivity contribution is 6.17. The second-order valence-corrected chi connectivity index (χ2v) is 3.17. The zero-order chi connectivity index (χ0) is 7.33. The van der Waals surface area contributed by atoms with E-state index < -0.39 is 0 Å². The predicted molar refractivity (Wildman–Crippen MR) is 39.6 cm³/mol. The van der Waals surface area contributed by atoms with Crippen molar-refractivity contribution in [3.8, 4) is 0 Å². The standard InChI is InChI=1S/C6H15ClNO.BrH/c1-8(2,4-3-7)5-6-9;/h9H,3-6H2,1-2H3;1H/q+1;/p-1. The fourth-order valence-corrected chi connectivity index (χ4v) is 1.07. The molecule has 0 heterocycles. The summed E-state index contributed by atoms with van der Waals surface area (Å²) in [6.45, 7) is 1.94. The summed E-state index contributed by atoms with van der Waals surface area (Å²) in [6.07, 6.45) is 0. The minimum atomic E-state index is 0. The monoisotopic (exact) mass is 231 g/mol. The minimum absolute atomic E-state index is 0. The third-order valence-electron chi connectivity index (χ3n) is 1.40. The number of hydrogen-bond acceptors (Lipinski definition) is 1. The number of aliphatic hydroxyl groups excluding tert-OH is 1.